The Kier molecular flexibility index (Phi) is 7.26. The summed E-state index contributed by atoms with van der Waals surface area (Å²) in [6.45, 7) is 0.928. The third kappa shape index (κ3) is 5.76. The number of esters is 1. The molecular weight excluding hydrogens is 360 g/mol. The Hall–Kier alpha value is -2.98. The van der Waals surface area contributed by atoms with E-state index in [0.717, 1.165) is 0 Å². The van der Waals surface area contributed by atoms with Gasteiger partial charge in [0.05, 0.1) is 11.1 Å². The zero-order chi connectivity index (χ0) is 19.8. The van der Waals surface area contributed by atoms with Crippen molar-refractivity contribution in [3.05, 3.63) is 64.2 Å². The summed E-state index contributed by atoms with van der Waals surface area (Å²) in [7, 11) is 0. The summed E-state index contributed by atoms with van der Waals surface area (Å²) in [5.74, 6) is -2.11. The topological polar surface area (TPSA) is 132 Å². The van der Waals surface area contributed by atoms with Gasteiger partial charge < -0.3 is 14.9 Å². The molecule has 2 aromatic rings. The van der Waals surface area contributed by atoms with Crippen LogP contribution in [0.25, 0.3) is 0 Å². The second-order valence-electron chi connectivity index (χ2n) is 5.51. The quantitative estimate of drug-likeness (QED) is 0.198. The van der Waals surface area contributed by atoms with Gasteiger partial charge in [0.15, 0.2) is 0 Å². The Bertz CT molecular complexity index is 816. The van der Waals surface area contributed by atoms with Crippen LogP contribution in [0.15, 0.2) is 36.4 Å². The molecule has 0 saturated heterocycles. The fourth-order valence-corrected chi connectivity index (χ4v) is 2.27. The van der Waals surface area contributed by atoms with Crippen molar-refractivity contribution in [3.8, 4) is 5.75 Å². The number of phenols is 1. The van der Waals surface area contributed by atoms with Gasteiger partial charge in [0, 0.05) is 0 Å². The molecule has 3 N–H and O–H groups in total. The van der Waals surface area contributed by atoms with E-state index in [1.807, 2.05) is 0 Å². The highest BCUT2D eigenvalue weighted by Crippen LogP contribution is 2.18. The number of hydrogen-bond acceptors (Lipinski definition) is 8. The minimum Gasteiger partial charge on any atom is -0.508 e. The molecule has 0 aliphatic heterocycles. The first-order valence-corrected chi connectivity index (χ1v) is 7.75. The molecule has 0 bridgehead atoms. The van der Waals surface area contributed by atoms with Gasteiger partial charge in [0.1, 0.15) is 19.0 Å². The highest BCUT2D eigenvalue weighted by Gasteiger charge is 2.18. The zero-order valence-corrected chi connectivity index (χ0v) is 14.4. The molecule has 0 spiro atoms. The lowest BCUT2D eigenvalue weighted by molar-refractivity contribution is -0.335. The van der Waals surface area contributed by atoms with E-state index < -0.39 is 18.7 Å². The van der Waals surface area contributed by atoms with Gasteiger partial charge in [-0.2, -0.15) is 4.89 Å². The number of hydrogen-bond donors (Lipinski definition) is 3. The monoisotopic (exact) mass is 378 g/mol. The van der Waals surface area contributed by atoms with E-state index in [9.17, 15) is 14.7 Å². The second-order valence-corrected chi connectivity index (χ2v) is 5.51. The first-order chi connectivity index (χ1) is 12.9. The van der Waals surface area contributed by atoms with Gasteiger partial charge in [-0.1, -0.05) is 17.7 Å². The molecule has 9 heteroatoms. The number of aryl methyl sites for hydroxylation is 1. The third-order valence-electron chi connectivity index (χ3n) is 3.57. The van der Waals surface area contributed by atoms with E-state index in [0.29, 0.717) is 16.7 Å². The molecule has 2 aromatic carbocycles. The van der Waals surface area contributed by atoms with Crippen LogP contribution in [0.1, 0.15) is 37.4 Å². The standard InChI is InChI=1S/C18H18O9/c1-11-2-5-15(17(20)21)16(6-11)18(22)24-10-27-26-9-12-3-4-14(19)7-13(12)8-25-23/h2-7,19,23H,8-10H2,1H3,(H,20,21). The molecule has 2 rings (SSSR count). The van der Waals surface area contributed by atoms with Crippen molar-refractivity contribution in [2.75, 3.05) is 6.79 Å². The molecule has 144 valence electrons. The average molecular weight is 378 g/mol. The van der Waals surface area contributed by atoms with Gasteiger partial charge in [-0.05, 0) is 42.3 Å². The number of rotatable bonds is 9. The molecule has 0 aliphatic carbocycles. The van der Waals surface area contributed by atoms with Crippen LogP contribution < -0.4 is 0 Å². The summed E-state index contributed by atoms with van der Waals surface area (Å²) in [4.78, 5) is 36.9. The van der Waals surface area contributed by atoms with E-state index >= 15 is 0 Å². The lowest BCUT2D eigenvalue weighted by atomic mass is 10.0. The number of carbonyl (C=O) groups is 2. The predicted molar refractivity (Wildman–Crippen MR) is 89.8 cm³/mol. The molecule has 0 amide bonds. The van der Waals surface area contributed by atoms with Crippen molar-refractivity contribution < 1.29 is 44.5 Å². The van der Waals surface area contributed by atoms with E-state index in [1.165, 1.54) is 24.3 Å². The molecule has 0 fully saturated rings. The zero-order valence-electron chi connectivity index (χ0n) is 14.4. The van der Waals surface area contributed by atoms with Gasteiger partial charge in [-0.3, -0.25) is 5.26 Å². The summed E-state index contributed by atoms with van der Waals surface area (Å²) < 4.78 is 4.85. The number of benzene rings is 2. The van der Waals surface area contributed by atoms with Gasteiger partial charge in [0.2, 0.25) is 6.79 Å². The minimum absolute atomic E-state index is 0.00645. The van der Waals surface area contributed by atoms with Crippen molar-refractivity contribution in [2.24, 2.45) is 0 Å². The SMILES string of the molecule is Cc1ccc(C(=O)O)c(C(=O)OCOOCc2ccc(O)cc2COO)c1. The van der Waals surface area contributed by atoms with E-state index in [1.54, 1.807) is 19.1 Å². The van der Waals surface area contributed by atoms with Crippen LogP contribution in [-0.2, 0) is 32.6 Å². The summed E-state index contributed by atoms with van der Waals surface area (Å²) in [6.07, 6.45) is 0. The highest BCUT2D eigenvalue weighted by atomic mass is 17.2. The summed E-state index contributed by atoms with van der Waals surface area (Å²) in [5, 5.41) is 27.1. The molecule has 0 heterocycles. The number of carboxylic acids is 1. The molecular formula is C18H18O9. The molecule has 0 saturated carbocycles. The van der Waals surface area contributed by atoms with Crippen molar-refractivity contribution >= 4 is 11.9 Å². The first kappa shape index (κ1) is 20.3. The number of aromatic carboxylic acids is 1. The van der Waals surface area contributed by atoms with Crippen LogP contribution in [0, 0.1) is 6.92 Å². The number of carboxylic acid groups (broad SMARTS) is 1. The van der Waals surface area contributed by atoms with Gasteiger partial charge >= 0.3 is 11.9 Å². The van der Waals surface area contributed by atoms with Crippen molar-refractivity contribution in [1.29, 1.82) is 0 Å². The third-order valence-corrected chi connectivity index (χ3v) is 3.57. The van der Waals surface area contributed by atoms with Crippen LogP contribution in [0.2, 0.25) is 0 Å². The Morgan fingerprint density at radius 1 is 0.963 bits per heavy atom. The maximum atomic E-state index is 12.0. The molecule has 0 atom stereocenters. The van der Waals surface area contributed by atoms with Crippen LogP contribution in [0.3, 0.4) is 0 Å². The molecule has 9 nitrogen and oxygen atoms in total. The maximum Gasteiger partial charge on any atom is 0.341 e. The fraction of sp³-hybridized carbons (Fsp3) is 0.222. The van der Waals surface area contributed by atoms with Crippen molar-refractivity contribution in [3.63, 3.8) is 0 Å². The van der Waals surface area contributed by atoms with Crippen molar-refractivity contribution in [2.45, 2.75) is 20.1 Å². The van der Waals surface area contributed by atoms with E-state index in [-0.39, 0.29) is 30.1 Å². The van der Waals surface area contributed by atoms with Crippen LogP contribution >= 0.6 is 0 Å². The number of ether oxygens (including phenoxy) is 1. The van der Waals surface area contributed by atoms with E-state index in [2.05, 4.69) is 4.89 Å². The highest BCUT2D eigenvalue weighted by molar-refractivity contribution is 6.02. The van der Waals surface area contributed by atoms with Crippen molar-refractivity contribution in [1.82, 2.24) is 0 Å². The van der Waals surface area contributed by atoms with Gasteiger partial charge in [-0.25, -0.2) is 19.4 Å². The summed E-state index contributed by atoms with van der Waals surface area (Å²) >= 11 is 0. The number of carbonyl (C=O) groups excluding carboxylic acids is 1. The Balaban J connectivity index is 1.87. The predicted octanol–water partition coefficient (Wildman–Crippen LogP) is 2.65. The van der Waals surface area contributed by atoms with Crippen LogP contribution in [0.5, 0.6) is 5.75 Å². The molecule has 0 radical (unpaired) electrons. The Labute approximate surface area is 154 Å². The normalized spacial score (nSPS) is 10.6. The van der Waals surface area contributed by atoms with Gasteiger partial charge in [-0.15, -0.1) is 0 Å². The lowest BCUT2D eigenvalue weighted by Gasteiger charge is -2.10. The first-order valence-electron chi connectivity index (χ1n) is 7.75. The fourth-order valence-electron chi connectivity index (χ4n) is 2.27. The molecule has 27 heavy (non-hydrogen) atoms. The number of phenolic OH excluding ortho intramolecular Hbond substituents is 1. The lowest BCUT2D eigenvalue weighted by Crippen LogP contribution is -2.14. The summed E-state index contributed by atoms with van der Waals surface area (Å²) in [5.41, 5.74) is 1.48. The molecule has 0 aliphatic rings. The maximum absolute atomic E-state index is 12.0. The smallest absolute Gasteiger partial charge is 0.341 e. The van der Waals surface area contributed by atoms with E-state index in [4.69, 9.17) is 24.9 Å². The number of aromatic hydroxyl groups is 1. The second kappa shape index (κ2) is 9.64. The minimum atomic E-state index is -1.25. The molecule has 0 unspecified atom stereocenters. The van der Waals surface area contributed by atoms with Gasteiger partial charge in [0.25, 0.3) is 0 Å². The van der Waals surface area contributed by atoms with Crippen LogP contribution in [-0.4, -0.2) is 34.2 Å². The average Bonchev–Trinajstić information content (AvgIpc) is 2.62. The molecule has 0 aromatic heterocycles. The van der Waals surface area contributed by atoms with Crippen LogP contribution in [0.4, 0.5) is 0 Å². The largest absolute Gasteiger partial charge is 0.508 e. The summed E-state index contributed by atoms with van der Waals surface area (Å²) in [6, 6.07) is 8.66. The Morgan fingerprint density at radius 2 is 1.74 bits per heavy atom. The Morgan fingerprint density at radius 3 is 2.44 bits per heavy atom.